The number of rotatable bonds is 2. The van der Waals surface area contributed by atoms with E-state index in [0.29, 0.717) is 0 Å². The number of hydrogen-bond donors (Lipinski definition) is 0. The highest BCUT2D eigenvalue weighted by molar-refractivity contribution is 5.38. The van der Waals surface area contributed by atoms with Crippen molar-refractivity contribution in [1.82, 2.24) is 0 Å². The molecule has 2 aromatic rings. The molecule has 0 saturated carbocycles. The second-order valence-electron chi connectivity index (χ2n) is 4.85. The van der Waals surface area contributed by atoms with Crippen LogP contribution < -0.4 is 9.47 Å². The summed E-state index contributed by atoms with van der Waals surface area (Å²) < 4.78 is 17.4. The van der Waals surface area contributed by atoms with E-state index < -0.39 is 0 Å². The van der Waals surface area contributed by atoms with Crippen LogP contribution in [0.25, 0.3) is 0 Å². The van der Waals surface area contributed by atoms with E-state index in [1.807, 2.05) is 36.4 Å². The standard InChI is InChI=1S/C16H14O3/c1-3-7-13-11(5-1)9-15(17-13)19-16-10-12-6-2-4-8-14(12)18-16/h1-8,15-16H,9-10H2. The van der Waals surface area contributed by atoms with Crippen LogP contribution in [-0.4, -0.2) is 12.6 Å². The number of fused-ring (bicyclic) bond motifs is 2. The summed E-state index contributed by atoms with van der Waals surface area (Å²) in [5.74, 6) is 1.84. The van der Waals surface area contributed by atoms with E-state index >= 15 is 0 Å². The number of ether oxygens (including phenoxy) is 3. The molecule has 0 N–H and O–H groups in total. The van der Waals surface area contributed by atoms with Gasteiger partial charge in [-0.25, -0.2) is 0 Å². The molecule has 96 valence electrons. The van der Waals surface area contributed by atoms with Crippen molar-refractivity contribution < 1.29 is 14.2 Å². The Morgan fingerprint density at radius 1 is 0.737 bits per heavy atom. The highest BCUT2D eigenvalue weighted by Crippen LogP contribution is 2.33. The van der Waals surface area contributed by atoms with E-state index in [4.69, 9.17) is 14.2 Å². The van der Waals surface area contributed by atoms with Crippen LogP contribution in [0.2, 0.25) is 0 Å². The van der Waals surface area contributed by atoms with Gasteiger partial charge in [0.1, 0.15) is 11.5 Å². The Morgan fingerprint density at radius 3 is 1.68 bits per heavy atom. The van der Waals surface area contributed by atoms with Gasteiger partial charge in [-0.1, -0.05) is 36.4 Å². The molecule has 2 aliphatic heterocycles. The number of benzene rings is 2. The topological polar surface area (TPSA) is 27.7 Å². The van der Waals surface area contributed by atoms with E-state index in [9.17, 15) is 0 Å². The van der Waals surface area contributed by atoms with Crippen LogP contribution in [-0.2, 0) is 17.6 Å². The molecule has 2 aromatic carbocycles. The number of para-hydroxylation sites is 2. The van der Waals surface area contributed by atoms with Crippen molar-refractivity contribution in [3.05, 3.63) is 59.7 Å². The van der Waals surface area contributed by atoms with Crippen molar-refractivity contribution in [2.24, 2.45) is 0 Å². The Bertz CT molecular complexity index is 505. The molecule has 2 unspecified atom stereocenters. The zero-order valence-electron chi connectivity index (χ0n) is 10.4. The molecule has 0 saturated heterocycles. The third kappa shape index (κ3) is 1.96. The summed E-state index contributed by atoms with van der Waals surface area (Å²) in [6, 6.07) is 16.1. The van der Waals surface area contributed by atoms with Crippen LogP contribution >= 0.6 is 0 Å². The lowest BCUT2D eigenvalue weighted by molar-refractivity contribution is -0.168. The Hall–Kier alpha value is -2.00. The van der Waals surface area contributed by atoms with Crippen LogP contribution in [0.1, 0.15) is 11.1 Å². The van der Waals surface area contributed by atoms with Gasteiger partial charge in [0.25, 0.3) is 0 Å². The lowest BCUT2D eigenvalue weighted by Gasteiger charge is -2.17. The zero-order chi connectivity index (χ0) is 12.7. The fourth-order valence-corrected chi connectivity index (χ4v) is 2.62. The van der Waals surface area contributed by atoms with Gasteiger partial charge in [-0.15, -0.1) is 0 Å². The predicted octanol–water partition coefficient (Wildman–Crippen LogP) is 2.93. The predicted molar refractivity (Wildman–Crippen MR) is 70.2 cm³/mol. The third-order valence-electron chi connectivity index (χ3n) is 3.54. The van der Waals surface area contributed by atoms with E-state index in [0.717, 1.165) is 24.3 Å². The molecule has 4 rings (SSSR count). The molecule has 2 heterocycles. The molecule has 0 bridgehead atoms. The summed E-state index contributed by atoms with van der Waals surface area (Å²) in [4.78, 5) is 0. The van der Waals surface area contributed by atoms with Crippen LogP contribution in [0.5, 0.6) is 11.5 Å². The van der Waals surface area contributed by atoms with Crippen molar-refractivity contribution in [3.63, 3.8) is 0 Å². The lowest BCUT2D eigenvalue weighted by Crippen LogP contribution is -2.28. The summed E-state index contributed by atoms with van der Waals surface area (Å²) in [5.41, 5.74) is 2.39. The molecule has 0 amide bonds. The van der Waals surface area contributed by atoms with Crippen molar-refractivity contribution in [2.75, 3.05) is 0 Å². The van der Waals surface area contributed by atoms with Crippen molar-refractivity contribution in [2.45, 2.75) is 25.4 Å². The molecule has 2 atom stereocenters. The molecule has 0 radical (unpaired) electrons. The first-order valence-electron chi connectivity index (χ1n) is 6.53. The first-order chi connectivity index (χ1) is 9.38. The van der Waals surface area contributed by atoms with E-state index in [-0.39, 0.29) is 12.6 Å². The highest BCUT2D eigenvalue weighted by Gasteiger charge is 2.30. The van der Waals surface area contributed by atoms with Gasteiger partial charge in [-0.2, -0.15) is 0 Å². The molecule has 0 spiro atoms. The molecular formula is C16H14O3. The molecule has 0 fully saturated rings. The van der Waals surface area contributed by atoms with Gasteiger partial charge >= 0.3 is 0 Å². The molecule has 0 aliphatic carbocycles. The van der Waals surface area contributed by atoms with Crippen LogP contribution in [0.3, 0.4) is 0 Å². The van der Waals surface area contributed by atoms with Crippen LogP contribution in [0.4, 0.5) is 0 Å². The van der Waals surface area contributed by atoms with E-state index in [1.165, 1.54) is 11.1 Å². The smallest absolute Gasteiger partial charge is 0.207 e. The second-order valence-corrected chi connectivity index (χ2v) is 4.85. The highest BCUT2D eigenvalue weighted by atomic mass is 16.8. The molecule has 2 aliphatic rings. The van der Waals surface area contributed by atoms with E-state index in [2.05, 4.69) is 12.1 Å². The zero-order valence-corrected chi connectivity index (χ0v) is 10.4. The van der Waals surface area contributed by atoms with Crippen LogP contribution in [0.15, 0.2) is 48.5 Å². The first-order valence-corrected chi connectivity index (χ1v) is 6.53. The minimum atomic E-state index is -0.239. The molecule has 3 nitrogen and oxygen atoms in total. The summed E-state index contributed by atoms with van der Waals surface area (Å²) in [6.07, 6.45) is 1.09. The van der Waals surface area contributed by atoms with Gasteiger partial charge in [0.2, 0.25) is 12.6 Å². The maximum atomic E-state index is 5.89. The maximum Gasteiger partial charge on any atom is 0.207 e. The first kappa shape index (κ1) is 10.9. The fourth-order valence-electron chi connectivity index (χ4n) is 2.62. The van der Waals surface area contributed by atoms with Gasteiger partial charge in [-0.3, -0.25) is 0 Å². The lowest BCUT2D eigenvalue weighted by atomic mass is 10.1. The molecular weight excluding hydrogens is 240 g/mol. The molecule has 19 heavy (non-hydrogen) atoms. The van der Waals surface area contributed by atoms with Gasteiger partial charge in [0, 0.05) is 24.0 Å². The summed E-state index contributed by atoms with van der Waals surface area (Å²) in [7, 11) is 0. The Kier molecular flexibility index (Phi) is 2.45. The Balaban J connectivity index is 1.43. The minimum Gasteiger partial charge on any atom is -0.464 e. The largest absolute Gasteiger partial charge is 0.464 e. The normalized spacial score (nSPS) is 23.4. The Labute approximate surface area is 111 Å². The van der Waals surface area contributed by atoms with Crippen molar-refractivity contribution in [3.8, 4) is 11.5 Å². The van der Waals surface area contributed by atoms with Gasteiger partial charge < -0.3 is 14.2 Å². The monoisotopic (exact) mass is 254 g/mol. The number of hydrogen-bond acceptors (Lipinski definition) is 3. The van der Waals surface area contributed by atoms with Crippen molar-refractivity contribution >= 4 is 0 Å². The Morgan fingerprint density at radius 2 is 1.21 bits per heavy atom. The summed E-state index contributed by atoms with van der Waals surface area (Å²) in [5, 5.41) is 0. The fraction of sp³-hybridized carbons (Fsp3) is 0.250. The molecule has 0 aromatic heterocycles. The molecule has 3 heteroatoms. The average molecular weight is 254 g/mol. The van der Waals surface area contributed by atoms with Gasteiger partial charge in [0.05, 0.1) is 0 Å². The SMILES string of the molecule is c1ccc2c(c1)CC(OC1Cc3ccccc3O1)O2. The minimum absolute atomic E-state index is 0.239. The van der Waals surface area contributed by atoms with Gasteiger partial charge in [0.15, 0.2) is 0 Å². The van der Waals surface area contributed by atoms with E-state index in [1.54, 1.807) is 0 Å². The average Bonchev–Trinajstić information content (AvgIpc) is 3.00. The van der Waals surface area contributed by atoms with Crippen LogP contribution in [0, 0.1) is 0 Å². The second kappa shape index (κ2) is 4.28. The van der Waals surface area contributed by atoms with Crippen molar-refractivity contribution in [1.29, 1.82) is 0 Å². The quantitative estimate of drug-likeness (QED) is 0.824. The van der Waals surface area contributed by atoms with Gasteiger partial charge in [-0.05, 0) is 12.1 Å². The summed E-state index contributed by atoms with van der Waals surface area (Å²) >= 11 is 0. The third-order valence-corrected chi connectivity index (χ3v) is 3.54. The maximum absolute atomic E-state index is 5.89. The summed E-state index contributed by atoms with van der Waals surface area (Å²) in [6.45, 7) is 0.